The number of piperazine rings is 1. The predicted octanol–water partition coefficient (Wildman–Crippen LogP) is 2.91. The molecule has 1 N–H and O–H groups in total. The Balaban J connectivity index is 1.41. The lowest BCUT2D eigenvalue weighted by molar-refractivity contribution is -0.135. The molecular weight excluding hydrogens is 458 g/mol. The topological polar surface area (TPSA) is 86.8 Å². The van der Waals surface area contributed by atoms with Gasteiger partial charge in [0.25, 0.3) is 5.91 Å². The zero-order valence-electron chi connectivity index (χ0n) is 19.1. The van der Waals surface area contributed by atoms with Gasteiger partial charge < -0.3 is 10.2 Å². The van der Waals surface area contributed by atoms with Crippen LogP contribution >= 0.6 is 11.3 Å². The fourth-order valence-corrected chi connectivity index (χ4v) is 6.60. The van der Waals surface area contributed by atoms with Crippen molar-refractivity contribution in [3.63, 3.8) is 0 Å². The summed E-state index contributed by atoms with van der Waals surface area (Å²) in [4.78, 5) is 28.2. The molecule has 0 bridgehead atoms. The van der Waals surface area contributed by atoms with E-state index in [4.69, 9.17) is 0 Å². The van der Waals surface area contributed by atoms with E-state index in [0.717, 1.165) is 31.2 Å². The van der Waals surface area contributed by atoms with Crippen LogP contribution in [0.3, 0.4) is 0 Å². The lowest BCUT2D eigenvalue weighted by Crippen LogP contribution is -2.57. The van der Waals surface area contributed by atoms with Crippen LogP contribution in [0, 0.1) is 5.92 Å². The van der Waals surface area contributed by atoms with Gasteiger partial charge in [0.05, 0.1) is 9.77 Å². The summed E-state index contributed by atoms with van der Waals surface area (Å²) >= 11 is 1.33. The summed E-state index contributed by atoms with van der Waals surface area (Å²) in [5.41, 5.74) is 2.39. The maximum atomic E-state index is 13.2. The van der Waals surface area contributed by atoms with Crippen molar-refractivity contribution in [3.05, 3.63) is 51.7 Å². The van der Waals surface area contributed by atoms with Gasteiger partial charge in [0.1, 0.15) is 6.04 Å². The Bertz CT molecular complexity index is 1100. The Morgan fingerprint density at radius 1 is 1.00 bits per heavy atom. The monoisotopic (exact) mass is 489 g/mol. The highest BCUT2D eigenvalue weighted by Crippen LogP contribution is 2.26. The Hall–Kier alpha value is -2.23. The number of amides is 2. The van der Waals surface area contributed by atoms with Gasteiger partial charge in [0.15, 0.2) is 0 Å². The van der Waals surface area contributed by atoms with E-state index < -0.39 is 16.1 Å². The number of fused-ring (bicyclic) bond motifs is 1. The van der Waals surface area contributed by atoms with Gasteiger partial charge in [-0.3, -0.25) is 9.59 Å². The van der Waals surface area contributed by atoms with Crippen molar-refractivity contribution in [1.82, 2.24) is 14.5 Å². The molecule has 1 saturated heterocycles. The molecule has 2 aliphatic rings. The van der Waals surface area contributed by atoms with E-state index >= 15 is 0 Å². The Morgan fingerprint density at radius 3 is 2.33 bits per heavy atom. The first kappa shape index (κ1) is 23.9. The van der Waals surface area contributed by atoms with Crippen LogP contribution in [-0.4, -0.2) is 61.7 Å². The van der Waals surface area contributed by atoms with Crippen LogP contribution in [0.15, 0.2) is 40.6 Å². The molecule has 0 saturated carbocycles. The molecule has 1 aromatic carbocycles. The van der Waals surface area contributed by atoms with Crippen molar-refractivity contribution in [2.75, 3.05) is 26.2 Å². The maximum Gasteiger partial charge on any atom is 0.262 e. The molecule has 7 nitrogen and oxygen atoms in total. The Labute approximate surface area is 199 Å². The summed E-state index contributed by atoms with van der Waals surface area (Å²) in [5, 5.41) is 4.68. The van der Waals surface area contributed by atoms with Crippen molar-refractivity contribution >= 4 is 33.2 Å². The molecule has 1 aromatic heterocycles. The van der Waals surface area contributed by atoms with Crippen LogP contribution in [0.2, 0.25) is 0 Å². The van der Waals surface area contributed by atoms with Crippen LogP contribution in [0.4, 0.5) is 0 Å². The second-order valence-electron chi connectivity index (χ2n) is 9.04. The number of thiophene rings is 1. The second-order valence-corrected chi connectivity index (χ2v) is 11.9. The highest BCUT2D eigenvalue weighted by atomic mass is 32.2. The Kier molecular flexibility index (Phi) is 7.21. The fraction of sp³-hybridized carbons (Fsp3) is 0.500. The SMILES string of the molecule is CC(C)C(NC(=O)c1cccs1)C(=O)N1CCN(S(=O)(=O)c2ccc3c(c2)CCCC3)CC1. The summed E-state index contributed by atoms with van der Waals surface area (Å²) < 4.78 is 27.9. The van der Waals surface area contributed by atoms with Gasteiger partial charge in [0.2, 0.25) is 15.9 Å². The standard InChI is InChI=1S/C24H31N3O4S2/c1-17(2)22(25-23(28)21-8-5-15-32-21)24(29)26-11-13-27(14-12-26)33(30,31)20-10-9-18-6-3-4-7-19(18)16-20/h5,8-10,15-17,22H,3-4,6-7,11-14H2,1-2H3,(H,25,28). The van der Waals surface area contributed by atoms with E-state index in [1.165, 1.54) is 21.2 Å². The number of benzene rings is 1. The van der Waals surface area contributed by atoms with Gasteiger partial charge in [-0.2, -0.15) is 4.31 Å². The highest BCUT2D eigenvalue weighted by Gasteiger charge is 2.34. The molecule has 2 aromatic rings. The normalized spacial score (nSPS) is 18.1. The van der Waals surface area contributed by atoms with E-state index in [1.54, 1.807) is 23.1 Å². The average molecular weight is 490 g/mol. The molecule has 4 rings (SSSR count). The molecule has 2 amide bonds. The third-order valence-electron chi connectivity index (χ3n) is 6.47. The van der Waals surface area contributed by atoms with Gasteiger partial charge >= 0.3 is 0 Å². The fourth-order valence-electron chi connectivity index (χ4n) is 4.50. The van der Waals surface area contributed by atoms with Crippen molar-refractivity contribution in [3.8, 4) is 0 Å². The number of hydrogen-bond donors (Lipinski definition) is 1. The number of hydrogen-bond acceptors (Lipinski definition) is 5. The summed E-state index contributed by atoms with van der Waals surface area (Å²) in [6, 6.07) is 8.37. The van der Waals surface area contributed by atoms with Gasteiger partial charge in [-0.25, -0.2) is 8.42 Å². The molecule has 1 atom stereocenters. The number of nitrogens with zero attached hydrogens (tertiary/aromatic N) is 2. The van der Waals surface area contributed by atoms with Crippen molar-refractivity contribution < 1.29 is 18.0 Å². The molecule has 0 spiro atoms. The third kappa shape index (κ3) is 5.15. The van der Waals surface area contributed by atoms with Gasteiger partial charge in [-0.1, -0.05) is 26.0 Å². The molecule has 33 heavy (non-hydrogen) atoms. The number of rotatable bonds is 6. The number of aryl methyl sites for hydroxylation is 2. The van der Waals surface area contributed by atoms with E-state index in [9.17, 15) is 18.0 Å². The summed E-state index contributed by atoms with van der Waals surface area (Å²) in [6.45, 7) is 4.90. The molecule has 1 fully saturated rings. The van der Waals surface area contributed by atoms with Crippen molar-refractivity contribution in [2.45, 2.75) is 50.5 Å². The van der Waals surface area contributed by atoms with E-state index in [0.29, 0.717) is 22.9 Å². The third-order valence-corrected chi connectivity index (χ3v) is 9.24. The molecule has 1 aliphatic heterocycles. The van der Waals surface area contributed by atoms with E-state index in [1.807, 2.05) is 31.4 Å². The second kappa shape index (κ2) is 9.95. The first-order valence-corrected chi connectivity index (χ1v) is 13.8. The molecule has 0 radical (unpaired) electrons. The number of carbonyl (C=O) groups excluding carboxylic acids is 2. The Morgan fingerprint density at radius 2 is 1.70 bits per heavy atom. The van der Waals surface area contributed by atoms with Gasteiger partial charge in [-0.15, -0.1) is 11.3 Å². The average Bonchev–Trinajstić information content (AvgIpc) is 3.37. The van der Waals surface area contributed by atoms with E-state index in [-0.39, 0.29) is 30.8 Å². The minimum Gasteiger partial charge on any atom is -0.339 e. The lowest BCUT2D eigenvalue weighted by Gasteiger charge is -2.36. The molecule has 1 unspecified atom stereocenters. The van der Waals surface area contributed by atoms with Crippen LogP contribution in [0.5, 0.6) is 0 Å². The highest BCUT2D eigenvalue weighted by molar-refractivity contribution is 7.89. The smallest absolute Gasteiger partial charge is 0.262 e. The molecule has 2 heterocycles. The lowest BCUT2D eigenvalue weighted by atomic mass is 9.92. The molecule has 1 aliphatic carbocycles. The van der Waals surface area contributed by atoms with Crippen molar-refractivity contribution in [1.29, 1.82) is 0 Å². The molecular formula is C24H31N3O4S2. The minimum atomic E-state index is -3.60. The van der Waals surface area contributed by atoms with Crippen molar-refractivity contribution in [2.24, 2.45) is 5.92 Å². The minimum absolute atomic E-state index is 0.0846. The predicted molar refractivity (Wildman–Crippen MR) is 129 cm³/mol. The quantitative estimate of drug-likeness (QED) is 0.676. The van der Waals surface area contributed by atoms with Gasteiger partial charge in [-0.05, 0) is 66.3 Å². The zero-order chi connectivity index (χ0) is 23.6. The first-order chi connectivity index (χ1) is 15.8. The number of carbonyl (C=O) groups is 2. The molecule has 9 heteroatoms. The van der Waals surface area contributed by atoms with Crippen LogP contribution < -0.4 is 5.32 Å². The summed E-state index contributed by atoms with van der Waals surface area (Å²) in [7, 11) is -3.60. The number of nitrogens with one attached hydrogen (secondary N) is 1. The molecule has 178 valence electrons. The largest absolute Gasteiger partial charge is 0.339 e. The number of sulfonamides is 1. The van der Waals surface area contributed by atoms with Crippen LogP contribution in [0.25, 0.3) is 0 Å². The summed E-state index contributed by atoms with van der Waals surface area (Å²) in [5.74, 6) is -0.509. The van der Waals surface area contributed by atoms with Crippen LogP contribution in [-0.2, 0) is 27.7 Å². The maximum absolute atomic E-state index is 13.2. The van der Waals surface area contributed by atoms with Crippen LogP contribution in [0.1, 0.15) is 47.5 Å². The van der Waals surface area contributed by atoms with Gasteiger partial charge in [0, 0.05) is 26.2 Å². The summed E-state index contributed by atoms with van der Waals surface area (Å²) in [6.07, 6.45) is 4.18. The van der Waals surface area contributed by atoms with E-state index in [2.05, 4.69) is 5.32 Å². The zero-order valence-corrected chi connectivity index (χ0v) is 20.8. The first-order valence-electron chi connectivity index (χ1n) is 11.5.